The Balaban J connectivity index is 1.35. The van der Waals surface area contributed by atoms with Crippen molar-refractivity contribution in [3.8, 4) is 0 Å². The maximum absolute atomic E-state index is 13.7. The first-order valence-electron chi connectivity index (χ1n) is 9.05. The molecular formula is C19H23FN4O. The molecule has 4 rings (SSSR count). The molecule has 1 aromatic heterocycles. The van der Waals surface area contributed by atoms with E-state index in [9.17, 15) is 9.18 Å². The predicted octanol–water partition coefficient (Wildman–Crippen LogP) is 3.16. The fourth-order valence-electron chi connectivity index (χ4n) is 3.93. The summed E-state index contributed by atoms with van der Waals surface area (Å²) < 4.78 is 15.9. The summed E-state index contributed by atoms with van der Waals surface area (Å²) in [4.78, 5) is 14.2. The molecule has 1 amide bonds. The van der Waals surface area contributed by atoms with E-state index >= 15 is 0 Å². The number of aryl methyl sites for hydroxylation is 1. The third-order valence-corrected chi connectivity index (χ3v) is 5.50. The van der Waals surface area contributed by atoms with Gasteiger partial charge < -0.3 is 9.47 Å². The topological polar surface area (TPSA) is 51.0 Å². The van der Waals surface area contributed by atoms with Crippen LogP contribution >= 0.6 is 0 Å². The van der Waals surface area contributed by atoms with E-state index in [4.69, 9.17) is 0 Å². The smallest absolute Gasteiger partial charge is 0.253 e. The van der Waals surface area contributed by atoms with E-state index in [-0.39, 0.29) is 11.7 Å². The van der Waals surface area contributed by atoms with E-state index in [1.54, 1.807) is 24.0 Å². The minimum absolute atomic E-state index is 0.0904. The molecule has 1 aliphatic carbocycles. The average Bonchev–Trinajstić information content (AvgIpc) is 3.23. The molecule has 2 fully saturated rings. The zero-order valence-electron chi connectivity index (χ0n) is 14.5. The van der Waals surface area contributed by atoms with Gasteiger partial charge in [0.1, 0.15) is 18.0 Å². The lowest BCUT2D eigenvalue weighted by Gasteiger charge is -2.39. The van der Waals surface area contributed by atoms with Gasteiger partial charge in [0.15, 0.2) is 0 Å². The van der Waals surface area contributed by atoms with Gasteiger partial charge in [-0.2, -0.15) is 0 Å². The first-order valence-corrected chi connectivity index (χ1v) is 9.05. The van der Waals surface area contributed by atoms with Crippen LogP contribution in [0.1, 0.15) is 53.5 Å². The van der Waals surface area contributed by atoms with Crippen LogP contribution < -0.4 is 0 Å². The second-order valence-electron chi connectivity index (χ2n) is 7.34. The highest BCUT2D eigenvalue weighted by Gasteiger charge is 2.33. The van der Waals surface area contributed by atoms with Gasteiger partial charge >= 0.3 is 0 Å². The first kappa shape index (κ1) is 16.2. The van der Waals surface area contributed by atoms with Crippen LogP contribution in [0.4, 0.5) is 4.39 Å². The van der Waals surface area contributed by atoms with Crippen molar-refractivity contribution in [3.63, 3.8) is 0 Å². The lowest BCUT2D eigenvalue weighted by Crippen LogP contribution is -2.51. The van der Waals surface area contributed by atoms with Gasteiger partial charge in [-0.1, -0.05) is 18.9 Å². The highest BCUT2D eigenvalue weighted by molar-refractivity contribution is 5.94. The van der Waals surface area contributed by atoms with E-state index in [2.05, 4.69) is 14.8 Å². The lowest BCUT2D eigenvalue weighted by molar-refractivity contribution is 0.0495. The fourth-order valence-corrected chi connectivity index (χ4v) is 3.93. The monoisotopic (exact) mass is 342 g/mol. The van der Waals surface area contributed by atoms with Crippen molar-refractivity contribution in [1.29, 1.82) is 0 Å². The summed E-state index contributed by atoms with van der Waals surface area (Å²) in [7, 11) is 0. The number of rotatable bonds is 4. The molecule has 132 valence electrons. The maximum Gasteiger partial charge on any atom is 0.253 e. The number of carbonyl (C=O) groups excluding carboxylic acids is 1. The normalized spacial score (nSPS) is 18.6. The van der Waals surface area contributed by atoms with Crippen molar-refractivity contribution in [1.82, 2.24) is 19.7 Å². The van der Waals surface area contributed by atoms with Crippen LogP contribution in [0.5, 0.6) is 0 Å². The molecule has 0 radical (unpaired) electrons. The zero-order valence-corrected chi connectivity index (χ0v) is 14.5. The Morgan fingerprint density at radius 3 is 2.76 bits per heavy atom. The van der Waals surface area contributed by atoms with Crippen molar-refractivity contribution >= 4 is 5.91 Å². The zero-order chi connectivity index (χ0) is 17.4. The standard InChI is InChI=1S/C19H23FN4O/c1-13-6-7-15(9-17(13)20)19(25)23-10-14(11-23)8-18-22-21-12-24(18)16-4-2-3-5-16/h6-7,9,12,14,16H,2-5,8,10-11H2,1H3. The maximum atomic E-state index is 13.7. The fraction of sp³-hybridized carbons (Fsp3) is 0.526. The molecule has 1 aromatic carbocycles. The minimum atomic E-state index is -0.326. The SMILES string of the molecule is Cc1ccc(C(=O)N2CC(Cc3nncn3C3CCCC3)C2)cc1F. The summed E-state index contributed by atoms with van der Waals surface area (Å²) >= 11 is 0. The van der Waals surface area contributed by atoms with Gasteiger partial charge in [0.05, 0.1) is 0 Å². The molecule has 0 bridgehead atoms. The quantitative estimate of drug-likeness (QED) is 0.858. The Morgan fingerprint density at radius 1 is 1.28 bits per heavy atom. The van der Waals surface area contributed by atoms with Gasteiger partial charge in [0.2, 0.25) is 0 Å². The molecule has 0 atom stereocenters. The summed E-state index contributed by atoms with van der Waals surface area (Å²) in [5.41, 5.74) is 0.986. The number of hydrogen-bond donors (Lipinski definition) is 0. The summed E-state index contributed by atoms with van der Waals surface area (Å²) in [6, 6.07) is 5.23. The van der Waals surface area contributed by atoms with E-state index < -0.39 is 0 Å². The van der Waals surface area contributed by atoms with Crippen molar-refractivity contribution < 1.29 is 9.18 Å². The van der Waals surface area contributed by atoms with Crippen molar-refractivity contribution in [2.45, 2.75) is 45.1 Å². The molecular weight excluding hydrogens is 319 g/mol. The third-order valence-electron chi connectivity index (χ3n) is 5.50. The summed E-state index contributed by atoms with van der Waals surface area (Å²) in [6.45, 7) is 3.10. The minimum Gasteiger partial charge on any atom is -0.338 e. The summed E-state index contributed by atoms with van der Waals surface area (Å²) in [5, 5.41) is 8.38. The van der Waals surface area contributed by atoms with Crippen LogP contribution in [-0.4, -0.2) is 38.7 Å². The van der Waals surface area contributed by atoms with E-state index in [0.717, 1.165) is 12.2 Å². The number of halogens is 1. The number of amides is 1. The second-order valence-corrected chi connectivity index (χ2v) is 7.34. The van der Waals surface area contributed by atoms with Gasteiger partial charge in [-0.05, 0) is 37.5 Å². The summed E-state index contributed by atoms with van der Waals surface area (Å²) in [6.07, 6.45) is 7.67. The van der Waals surface area contributed by atoms with Crippen LogP contribution in [0.25, 0.3) is 0 Å². The molecule has 2 aromatic rings. The van der Waals surface area contributed by atoms with Crippen LogP contribution in [-0.2, 0) is 6.42 Å². The molecule has 5 nitrogen and oxygen atoms in total. The largest absolute Gasteiger partial charge is 0.338 e. The van der Waals surface area contributed by atoms with Crippen molar-refractivity contribution in [3.05, 3.63) is 47.3 Å². The molecule has 1 saturated carbocycles. The molecule has 1 saturated heterocycles. The van der Waals surface area contributed by atoms with Gasteiger partial charge in [-0.25, -0.2) is 4.39 Å². The van der Waals surface area contributed by atoms with Crippen molar-refractivity contribution in [2.24, 2.45) is 5.92 Å². The van der Waals surface area contributed by atoms with Gasteiger partial charge in [0, 0.05) is 37.0 Å². The van der Waals surface area contributed by atoms with Crippen molar-refractivity contribution in [2.75, 3.05) is 13.1 Å². The van der Waals surface area contributed by atoms with Crippen LogP contribution in [0.2, 0.25) is 0 Å². The molecule has 25 heavy (non-hydrogen) atoms. The number of hydrogen-bond acceptors (Lipinski definition) is 3. The number of carbonyl (C=O) groups is 1. The highest BCUT2D eigenvalue weighted by Crippen LogP contribution is 2.31. The predicted molar refractivity (Wildman–Crippen MR) is 91.8 cm³/mol. The summed E-state index contributed by atoms with van der Waals surface area (Å²) in [5.74, 6) is 1.02. The Kier molecular flexibility index (Phi) is 4.27. The van der Waals surface area contributed by atoms with Crippen LogP contribution in [0.15, 0.2) is 24.5 Å². The molecule has 0 unspecified atom stereocenters. The number of benzene rings is 1. The molecule has 1 aliphatic heterocycles. The van der Waals surface area contributed by atoms with Crippen LogP contribution in [0.3, 0.4) is 0 Å². The Morgan fingerprint density at radius 2 is 2.04 bits per heavy atom. The Labute approximate surface area is 146 Å². The number of nitrogens with zero attached hydrogens (tertiary/aromatic N) is 4. The highest BCUT2D eigenvalue weighted by atomic mass is 19.1. The van der Waals surface area contributed by atoms with Gasteiger partial charge in [0.25, 0.3) is 5.91 Å². The van der Waals surface area contributed by atoms with E-state index in [0.29, 0.717) is 36.2 Å². The lowest BCUT2D eigenvalue weighted by atomic mass is 9.94. The Bertz CT molecular complexity index is 775. The average molecular weight is 342 g/mol. The first-order chi connectivity index (χ1) is 12.1. The molecule has 2 aliphatic rings. The molecule has 0 N–H and O–H groups in total. The van der Waals surface area contributed by atoms with Gasteiger partial charge in [-0.15, -0.1) is 10.2 Å². The Hall–Kier alpha value is -2.24. The van der Waals surface area contributed by atoms with E-state index in [1.807, 2.05) is 6.33 Å². The molecule has 0 spiro atoms. The second kappa shape index (κ2) is 6.58. The third kappa shape index (κ3) is 3.17. The van der Waals surface area contributed by atoms with Crippen LogP contribution in [0, 0.1) is 18.7 Å². The number of likely N-dealkylation sites (tertiary alicyclic amines) is 1. The number of aromatic nitrogens is 3. The van der Waals surface area contributed by atoms with E-state index in [1.165, 1.54) is 31.7 Å². The van der Waals surface area contributed by atoms with Gasteiger partial charge in [-0.3, -0.25) is 4.79 Å². The molecule has 2 heterocycles. The molecule has 6 heteroatoms.